The molecule has 5 rings (SSSR count). The Hall–Kier alpha value is -3.43. The third kappa shape index (κ3) is 5.01. The van der Waals surface area contributed by atoms with Gasteiger partial charge in [-0.2, -0.15) is 0 Å². The van der Waals surface area contributed by atoms with Gasteiger partial charge in [0.1, 0.15) is 5.82 Å². The number of fused-ring (bicyclic) bond motifs is 1. The highest BCUT2D eigenvalue weighted by atomic mass is 35.5. The van der Waals surface area contributed by atoms with Crippen molar-refractivity contribution in [1.29, 1.82) is 0 Å². The van der Waals surface area contributed by atoms with Crippen LogP contribution in [0.25, 0.3) is 0 Å². The lowest BCUT2D eigenvalue weighted by Gasteiger charge is -2.39. The summed E-state index contributed by atoms with van der Waals surface area (Å²) in [5.41, 5.74) is 2.67. The summed E-state index contributed by atoms with van der Waals surface area (Å²) in [6.07, 6.45) is 1.00. The molecule has 2 aromatic carbocycles. The number of hydrogen-bond donors (Lipinski definition) is 2. The minimum absolute atomic E-state index is 0.0159. The van der Waals surface area contributed by atoms with E-state index in [-0.39, 0.29) is 16.8 Å². The average molecular weight is 568 g/mol. The summed E-state index contributed by atoms with van der Waals surface area (Å²) in [5, 5.41) is 4.46. The van der Waals surface area contributed by atoms with E-state index in [4.69, 9.17) is 30.8 Å². The van der Waals surface area contributed by atoms with Gasteiger partial charge in [-0.05, 0) is 29.5 Å². The smallest absolute Gasteiger partial charge is 0.257 e. The molecule has 0 fully saturated rings. The summed E-state index contributed by atoms with van der Waals surface area (Å²) < 4.78 is 16.9. The lowest BCUT2D eigenvalue weighted by atomic mass is 9.69. The molecule has 10 heteroatoms. The van der Waals surface area contributed by atoms with Crippen LogP contribution in [0.3, 0.4) is 0 Å². The van der Waals surface area contributed by atoms with Crippen LogP contribution >= 0.6 is 23.4 Å². The zero-order chi connectivity index (χ0) is 27.9. The molecule has 8 nitrogen and oxygen atoms in total. The van der Waals surface area contributed by atoms with Crippen molar-refractivity contribution in [2.75, 3.05) is 26.6 Å². The van der Waals surface area contributed by atoms with Gasteiger partial charge in [0.15, 0.2) is 22.4 Å². The average Bonchev–Trinajstić information content (AvgIpc) is 2.89. The number of thioether (sulfide) groups is 1. The van der Waals surface area contributed by atoms with Crippen LogP contribution in [-0.2, 0) is 10.5 Å². The van der Waals surface area contributed by atoms with Crippen LogP contribution in [0.1, 0.15) is 49.3 Å². The van der Waals surface area contributed by atoms with Crippen LogP contribution in [0.5, 0.6) is 17.2 Å². The number of hydrogen-bond acceptors (Lipinski definition) is 8. The first-order valence-corrected chi connectivity index (χ1v) is 13.9. The third-order valence-electron chi connectivity index (χ3n) is 7.07. The molecule has 0 amide bonds. The van der Waals surface area contributed by atoms with Crippen molar-refractivity contribution in [2.45, 2.75) is 43.5 Å². The number of nitrogens with one attached hydrogen (secondary N) is 2. The van der Waals surface area contributed by atoms with Gasteiger partial charge in [-0.3, -0.25) is 9.59 Å². The van der Waals surface area contributed by atoms with Crippen LogP contribution in [0, 0.1) is 5.41 Å². The van der Waals surface area contributed by atoms with Crippen LogP contribution in [0.15, 0.2) is 57.6 Å². The van der Waals surface area contributed by atoms with Crippen molar-refractivity contribution in [1.82, 2.24) is 9.97 Å². The summed E-state index contributed by atoms with van der Waals surface area (Å²) in [5.74, 6) is 1.51. The number of aromatic nitrogens is 2. The largest absolute Gasteiger partial charge is 0.493 e. The molecular weight excluding hydrogens is 538 g/mol. The van der Waals surface area contributed by atoms with Crippen molar-refractivity contribution in [2.24, 2.45) is 5.41 Å². The molecule has 2 heterocycles. The molecule has 0 saturated carbocycles. The number of ketones is 1. The van der Waals surface area contributed by atoms with E-state index in [9.17, 15) is 9.59 Å². The maximum atomic E-state index is 13.7. The number of carbonyl (C=O) groups excluding carboxylic acids is 1. The van der Waals surface area contributed by atoms with Crippen LogP contribution < -0.4 is 25.1 Å². The molecule has 0 spiro atoms. The maximum absolute atomic E-state index is 13.7. The molecule has 1 aromatic heterocycles. The van der Waals surface area contributed by atoms with Gasteiger partial charge in [0, 0.05) is 34.0 Å². The Kier molecular flexibility index (Phi) is 7.39. The van der Waals surface area contributed by atoms with E-state index >= 15 is 0 Å². The quantitative estimate of drug-likeness (QED) is 0.267. The van der Waals surface area contributed by atoms with Crippen LogP contribution in [-0.4, -0.2) is 37.1 Å². The van der Waals surface area contributed by atoms with Gasteiger partial charge in [-0.1, -0.05) is 61.5 Å². The Labute approximate surface area is 236 Å². The van der Waals surface area contributed by atoms with Crippen LogP contribution in [0.4, 0.5) is 5.82 Å². The number of halogens is 1. The van der Waals surface area contributed by atoms with Crippen molar-refractivity contribution < 1.29 is 19.0 Å². The van der Waals surface area contributed by atoms with E-state index in [0.717, 1.165) is 11.3 Å². The summed E-state index contributed by atoms with van der Waals surface area (Å²) in [6.45, 7) is 4.13. The Morgan fingerprint density at radius 2 is 1.77 bits per heavy atom. The fourth-order valence-corrected chi connectivity index (χ4v) is 6.53. The number of ether oxygens (including phenoxy) is 3. The van der Waals surface area contributed by atoms with E-state index < -0.39 is 5.92 Å². The van der Waals surface area contributed by atoms with Crippen molar-refractivity contribution >= 4 is 35.0 Å². The Morgan fingerprint density at radius 1 is 1.03 bits per heavy atom. The number of anilines is 1. The monoisotopic (exact) mass is 567 g/mol. The van der Waals surface area contributed by atoms with E-state index in [1.54, 1.807) is 13.2 Å². The van der Waals surface area contributed by atoms with Gasteiger partial charge >= 0.3 is 0 Å². The zero-order valence-electron chi connectivity index (χ0n) is 22.4. The lowest BCUT2D eigenvalue weighted by Crippen LogP contribution is -2.37. The minimum atomic E-state index is -0.700. The summed E-state index contributed by atoms with van der Waals surface area (Å²) in [6, 6.07) is 11.1. The molecule has 39 heavy (non-hydrogen) atoms. The van der Waals surface area contributed by atoms with Gasteiger partial charge < -0.3 is 24.5 Å². The molecule has 2 N–H and O–H groups in total. The number of aromatic amines is 1. The van der Waals surface area contributed by atoms with E-state index in [1.807, 2.05) is 30.3 Å². The Balaban J connectivity index is 1.67. The maximum Gasteiger partial charge on any atom is 0.257 e. The standard InChI is InChI=1S/C29H30ClN3O5S/c1-29(2)12-18-22(19(34)13-29)21(16-10-11-20(36-3)25(38-5)24(16)37-4)23-26(31-18)32-28(33-27(23)35)39-14-15-8-6-7-9-17(15)30/h6-11,21H,12-14H2,1-5H3,(H2,31,32,33,35). The molecule has 1 unspecified atom stereocenters. The first kappa shape index (κ1) is 27.1. The van der Waals surface area contributed by atoms with Crippen molar-refractivity contribution in [3.63, 3.8) is 0 Å². The van der Waals surface area contributed by atoms with Gasteiger partial charge in [0.25, 0.3) is 5.56 Å². The van der Waals surface area contributed by atoms with E-state index in [1.165, 1.54) is 26.0 Å². The number of carbonyl (C=O) groups is 1. The molecule has 0 bridgehead atoms. The highest BCUT2D eigenvalue weighted by molar-refractivity contribution is 7.98. The summed E-state index contributed by atoms with van der Waals surface area (Å²) in [4.78, 5) is 35.1. The fourth-order valence-electron chi connectivity index (χ4n) is 5.39. The van der Waals surface area contributed by atoms with Gasteiger partial charge in [0.05, 0.1) is 32.8 Å². The first-order valence-electron chi connectivity index (χ1n) is 12.5. The second kappa shape index (κ2) is 10.6. The fraction of sp³-hybridized carbons (Fsp3) is 0.345. The van der Waals surface area contributed by atoms with Gasteiger partial charge in [-0.25, -0.2) is 4.98 Å². The van der Waals surface area contributed by atoms with Gasteiger partial charge in [-0.15, -0.1) is 0 Å². The Morgan fingerprint density at radius 3 is 2.46 bits per heavy atom. The molecule has 0 saturated heterocycles. The number of H-pyrrole nitrogens is 1. The highest BCUT2D eigenvalue weighted by Gasteiger charge is 2.43. The van der Waals surface area contributed by atoms with Crippen molar-refractivity contribution in [3.8, 4) is 17.2 Å². The van der Waals surface area contributed by atoms with E-state index in [0.29, 0.717) is 68.5 Å². The van der Waals surface area contributed by atoms with Crippen molar-refractivity contribution in [3.05, 3.63) is 79.7 Å². The predicted molar refractivity (Wildman–Crippen MR) is 152 cm³/mol. The minimum Gasteiger partial charge on any atom is -0.493 e. The number of allylic oxidation sites excluding steroid dienone is 2. The first-order chi connectivity index (χ1) is 18.7. The number of Topliss-reactive ketones (excluding diaryl/α,β-unsaturated/α-hetero) is 1. The topological polar surface area (TPSA) is 103 Å². The molecule has 0 radical (unpaired) electrons. The van der Waals surface area contributed by atoms with E-state index in [2.05, 4.69) is 24.1 Å². The second-order valence-electron chi connectivity index (χ2n) is 10.3. The SMILES string of the molecule is COc1ccc(C2C3=C(CC(C)(C)CC3=O)Nc3nc(SCc4ccccc4Cl)[nH]c(=O)c32)c(OC)c1OC. The number of nitrogens with zero attached hydrogens (tertiary/aromatic N) is 1. The molecule has 1 aliphatic carbocycles. The normalized spacial score (nSPS) is 17.7. The molecule has 2 aliphatic rings. The zero-order valence-corrected chi connectivity index (χ0v) is 24.0. The Bertz CT molecular complexity index is 1550. The number of methoxy groups -OCH3 is 3. The number of benzene rings is 2. The molecule has 3 aromatic rings. The third-order valence-corrected chi connectivity index (χ3v) is 8.36. The molecule has 1 aliphatic heterocycles. The summed E-state index contributed by atoms with van der Waals surface area (Å²) in [7, 11) is 4.60. The molecular formula is C29H30ClN3O5S. The van der Waals surface area contributed by atoms with Crippen LogP contribution in [0.2, 0.25) is 5.02 Å². The highest BCUT2D eigenvalue weighted by Crippen LogP contribution is 2.52. The second-order valence-corrected chi connectivity index (χ2v) is 11.7. The summed E-state index contributed by atoms with van der Waals surface area (Å²) >= 11 is 7.71. The predicted octanol–water partition coefficient (Wildman–Crippen LogP) is 5.94. The molecule has 204 valence electrons. The number of rotatable bonds is 7. The lowest BCUT2D eigenvalue weighted by molar-refractivity contribution is -0.118. The van der Waals surface area contributed by atoms with Gasteiger partial charge in [0.2, 0.25) is 5.75 Å². The molecule has 1 atom stereocenters.